The number of hydrogen-bond acceptors (Lipinski definition) is 3. The van der Waals surface area contributed by atoms with Gasteiger partial charge in [0.15, 0.2) is 5.76 Å². The Hall–Kier alpha value is -1.84. The van der Waals surface area contributed by atoms with Crippen LogP contribution in [0.3, 0.4) is 0 Å². The first kappa shape index (κ1) is 13.2. The summed E-state index contributed by atoms with van der Waals surface area (Å²) in [6, 6.07) is 3.32. The maximum absolute atomic E-state index is 11.8. The molecule has 0 radical (unpaired) electrons. The van der Waals surface area contributed by atoms with E-state index < -0.39 is 0 Å². The zero-order valence-corrected chi connectivity index (χ0v) is 12.1. The van der Waals surface area contributed by atoms with Gasteiger partial charge < -0.3 is 4.42 Å². The third-order valence-electron chi connectivity index (χ3n) is 4.83. The molecule has 1 aromatic heterocycles. The monoisotopic (exact) mass is 272 g/mol. The molecular weight excluding hydrogens is 252 g/mol. The minimum Gasteiger partial charge on any atom is -0.459 e. The molecule has 1 aromatic rings. The number of amides is 1. The minimum atomic E-state index is -0.300. The molecule has 0 aliphatic heterocycles. The normalized spacial score (nSPS) is 30.8. The topological polar surface area (TPSA) is 54.6 Å². The Labute approximate surface area is 118 Å². The summed E-state index contributed by atoms with van der Waals surface area (Å²) in [6.45, 7) is 6.59. The first-order valence-electron chi connectivity index (χ1n) is 7.06. The summed E-state index contributed by atoms with van der Waals surface area (Å²) in [5.41, 5.74) is 3.79. The second-order valence-corrected chi connectivity index (χ2v) is 6.36. The number of allylic oxidation sites excluding steroid dienone is 2. The standard InChI is InChI=1S/C16H20N2O2/c1-10(17-18-15(19)13-5-4-8-20-13)14-11-6-7-12(9-11)16(14,2)3/h4-8,11-12,14H,9H2,1-3H3,(H,18,19)/t11-,12-,14+/m0/s1. The summed E-state index contributed by atoms with van der Waals surface area (Å²) in [5, 5.41) is 4.30. The second kappa shape index (κ2) is 4.62. The largest absolute Gasteiger partial charge is 0.459 e. The van der Waals surface area contributed by atoms with Gasteiger partial charge in [0, 0.05) is 11.6 Å². The summed E-state index contributed by atoms with van der Waals surface area (Å²) < 4.78 is 5.05. The van der Waals surface area contributed by atoms with E-state index in [0.29, 0.717) is 17.8 Å². The van der Waals surface area contributed by atoms with Gasteiger partial charge in [0.25, 0.3) is 0 Å². The Morgan fingerprint density at radius 3 is 2.85 bits per heavy atom. The molecular formula is C16H20N2O2. The van der Waals surface area contributed by atoms with E-state index in [1.807, 2.05) is 6.92 Å². The second-order valence-electron chi connectivity index (χ2n) is 6.36. The summed E-state index contributed by atoms with van der Waals surface area (Å²) in [6.07, 6.45) is 7.32. The van der Waals surface area contributed by atoms with E-state index in [0.717, 1.165) is 5.71 Å². The van der Waals surface area contributed by atoms with E-state index in [1.165, 1.54) is 12.7 Å². The quantitative estimate of drug-likeness (QED) is 0.522. The van der Waals surface area contributed by atoms with Crippen LogP contribution in [0.5, 0.6) is 0 Å². The van der Waals surface area contributed by atoms with Gasteiger partial charge in [0.2, 0.25) is 0 Å². The average molecular weight is 272 g/mol. The molecule has 20 heavy (non-hydrogen) atoms. The van der Waals surface area contributed by atoms with Gasteiger partial charge in [-0.05, 0) is 42.7 Å². The minimum absolute atomic E-state index is 0.211. The third kappa shape index (κ3) is 1.99. The van der Waals surface area contributed by atoms with Crippen molar-refractivity contribution in [2.45, 2.75) is 27.2 Å². The van der Waals surface area contributed by atoms with Crippen LogP contribution in [0.2, 0.25) is 0 Å². The molecule has 3 rings (SSSR count). The molecule has 2 aliphatic carbocycles. The number of furan rings is 1. The molecule has 2 bridgehead atoms. The van der Waals surface area contributed by atoms with Crippen molar-refractivity contribution in [3.63, 3.8) is 0 Å². The predicted octanol–water partition coefficient (Wildman–Crippen LogP) is 3.23. The third-order valence-corrected chi connectivity index (χ3v) is 4.83. The maximum Gasteiger partial charge on any atom is 0.307 e. The van der Waals surface area contributed by atoms with Gasteiger partial charge in [-0.3, -0.25) is 4.79 Å². The first-order valence-corrected chi connectivity index (χ1v) is 7.06. The molecule has 2 aliphatic rings. The molecule has 0 aromatic carbocycles. The summed E-state index contributed by atoms with van der Waals surface area (Å²) in [5.74, 6) is 1.57. The van der Waals surface area contributed by atoms with Crippen LogP contribution in [0.15, 0.2) is 40.1 Å². The lowest BCUT2D eigenvalue weighted by Crippen LogP contribution is -2.34. The number of nitrogens with zero attached hydrogens (tertiary/aromatic N) is 1. The summed E-state index contributed by atoms with van der Waals surface area (Å²) in [4.78, 5) is 11.8. The number of fused-ring (bicyclic) bond motifs is 2. The van der Waals surface area contributed by atoms with Gasteiger partial charge in [-0.1, -0.05) is 26.0 Å². The van der Waals surface area contributed by atoms with E-state index in [-0.39, 0.29) is 17.1 Å². The van der Waals surface area contributed by atoms with Crippen LogP contribution in [0.25, 0.3) is 0 Å². The fourth-order valence-corrected chi connectivity index (χ4v) is 3.83. The van der Waals surface area contributed by atoms with Gasteiger partial charge in [-0.15, -0.1) is 0 Å². The lowest BCUT2D eigenvalue weighted by atomic mass is 9.69. The van der Waals surface area contributed by atoms with Gasteiger partial charge in [0.1, 0.15) is 0 Å². The number of hydrazone groups is 1. The molecule has 0 saturated heterocycles. The van der Waals surface area contributed by atoms with Gasteiger partial charge in [-0.2, -0.15) is 5.10 Å². The molecule has 4 nitrogen and oxygen atoms in total. The van der Waals surface area contributed by atoms with Crippen molar-refractivity contribution in [2.24, 2.45) is 28.3 Å². The Morgan fingerprint density at radius 2 is 2.25 bits per heavy atom. The highest BCUT2D eigenvalue weighted by molar-refractivity contribution is 5.93. The Balaban J connectivity index is 1.73. The fraction of sp³-hybridized carbons (Fsp3) is 0.500. The van der Waals surface area contributed by atoms with Gasteiger partial charge >= 0.3 is 5.91 Å². The number of carbonyl (C=O) groups excluding carboxylic acids is 1. The van der Waals surface area contributed by atoms with Crippen LogP contribution in [-0.2, 0) is 0 Å². The van der Waals surface area contributed by atoms with E-state index in [9.17, 15) is 4.79 Å². The lowest BCUT2D eigenvalue weighted by molar-refractivity contribution is 0.0926. The molecule has 4 heteroatoms. The smallest absolute Gasteiger partial charge is 0.307 e. The molecule has 106 valence electrons. The molecule has 0 spiro atoms. The van der Waals surface area contributed by atoms with Crippen molar-refractivity contribution in [1.29, 1.82) is 0 Å². The van der Waals surface area contributed by atoms with E-state index >= 15 is 0 Å². The first-order chi connectivity index (χ1) is 9.50. The van der Waals surface area contributed by atoms with E-state index in [2.05, 4.69) is 36.5 Å². The molecule has 1 amide bonds. The molecule has 3 atom stereocenters. The molecule has 1 heterocycles. The van der Waals surface area contributed by atoms with Crippen LogP contribution < -0.4 is 5.43 Å². The van der Waals surface area contributed by atoms with Crippen molar-refractivity contribution < 1.29 is 9.21 Å². The highest BCUT2D eigenvalue weighted by Gasteiger charge is 2.51. The van der Waals surface area contributed by atoms with Crippen LogP contribution in [-0.4, -0.2) is 11.6 Å². The Bertz CT molecular complexity index is 569. The van der Waals surface area contributed by atoms with Crippen molar-refractivity contribution in [3.05, 3.63) is 36.3 Å². The molecule has 1 N–H and O–H groups in total. The number of hydrogen-bond donors (Lipinski definition) is 1. The Morgan fingerprint density at radius 1 is 1.45 bits per heavy atom. The van der Waals surface area contributed by atoms with E-state index in [1.54, 1.807) is 12.1 Å². The average Bonchev–Trinajstić information content (AvgIpc) is 3.09. The number of carbonyl (C=O) groups is 1. The zero-order valence-electron chi connectivity index (χ0n) is 12.1. The van der Waals surface area contributed by atoms with Crippen molar-refractivity contribution >= 4 is 11.6 Å². The van der Waals surface area contributed by atoms with E-state index in [4.69, 9.17) is 4.42 Å². The predicted molar refractivity (Wildman–Crippen MR) is 77.3 cm³/mol. The van der Waals surface area contributed by atoms with Crippen LogP contribution >= 0.6 is 0 Å². The number of rotatable bonds is 3. The molecule has 0 unspecified atom stereocenters. The SMILES string of the molecule is CC(=NNC(=O)c1ccco1)[C@@H]1[C@H]2C=C[C@@H](C2)C1(C)C. The molecule has 1 fully saturated rings. The van der Waals surface area contributed by atoms with Crippen LogP contribution in [0.4, 0.5) is 0 Å². The van der Waals surface area contributed by atoms with Crippen molar-refractivity contribution in [2.75, 3.05) is 0 Å². The van der Waals surface area contributed by atoms with Crippen molar-refractivity contribution in [1.82, 2.24) is 5.43 Å². The summed E-state index contributed by atoms with van der Waals surface area (Å²) >= 11 is 0. The van der Waals surface area contributed by atoms with Crippen LogP contribution in [0.1, 0.15) is 37.7 Å². The summed E-state index contributed by atoms with van der Waals surface area (Å²) in [7, 11) is 0. The van der Waals surface area contributed by atoms with Crippen LogP contribution in [0, 0.1) is 23.2 Å². The zero-order chi connectivity index (χ0) is 14.3. The Kier molecular flexibility index (Phi) is 3.04. The van der Waals surface area contributed by atoms with Gasteiger partial charge in [0.05, 0.1) is 6.26 Å². The van der Waals surface area contributed by atoms with Gasteiger partial charge in [-0.25, -0.2) is 5.43 Å². The fourth-order valence-electron chi connectivity index (χ4n) is 3.83. The highest BCUT2D eigenvalue weighted by atomic mass is 16.3. The highest BCUT2D eigenvalue weighted by Crippen LogP contribution is 2.56. The molecule has 1 saturated carbocycles. The lowest BCUT2D eigenvalue weighted by Gasteiger charge is -2.35. The maximum atomic E-state index is 11.8. The van der Waals surface area contributed by atoms with Crippen molar-refractivity contribution in [3.8, 4) is 0 Å². The number of nitrogens with one attached hydrogen (secondary N) is 1.